The molecule has 0 aromatic carbocycles. The van der Waals surface area contributed by atoms with E-state index in [1.807, 2.05) is 20.8 Å². The van der Waals surface area contributed by atoms with Gasteiger partial charge in [0.2, 0.25) is 0 Å². The van der Waals surface area contributed by atoms with Gasteiger partial charge >= 0.3 is 6.09 Å². The minimum atomic E-state index is -1.23. The maximum atomic E-state index is 12.1. The Bertz CT molecular complexity index is 354. The van der Waals surface area contributed by atoms with Crippen LogP contribution < -0.4 is 0 Å². The van der Waals surface area contributed by atoms with Crippen LogP contribution >= 0.6 is 0 Å². The first-order valence-electron chi connectivity index (χ1n) is 7.16. The van der Waals surface area contributed by atoms with Gasteiger partial charge in [-0.3, -0.25) is 4.18 Å². The van der Waals surface area contributed by atoms with Crippen molar-refractivity contribution in [3.8, 4) is 0 Å². The molecule has 1 amide bonds. The fourth-order valence-corrected chi connectivity index (χ4v) is 2.95. The zero-order chi connectivity index (χ0) is 15.3. The fraction of sp³-hybridized carbons (Fsp3) is 0.929. The first kappa shape index (κ1) is 17.4. The van der Waals surface area contributed by atoms with Crippen molar-refractivity contribution < 1.29 is 17.9 Å². The Morgan fingerprint density at radius 2 is 2.00 bits per heavy atom. The molecule has 118 valence electrons. The van der Waals surface area contributed by atoms with Gasteiger partial charge in [0.1, 0.15) is 5.60 Å². The van der Waals surface area contributed by atoms with Crippen LogP contribution in [0.15, 0.2) is 0 Å². The molecule has 1 heterocycles. The van der Waals surface area contributed by atoms with Crippen LogP contribution in [0, 0.1) is 5.92 Å². The molecular formula is C14H27NO4S. The summed E-state index contributed by atoms with van der Waals surface area (Å²) in [4.78, 5) is 13.9. The predicted octanol–water partition coefficient (Wildman–Crippen LogP) is 2.72. The molecule has 1 aliphatic heterocycles. The molecule has 0 radical (unpaired) electrons. The predicted molar refractivity (Wildman–Crippen MR) is 79.8 cm³/mol. The Kier molecular flexibility index (Phi) is 6.45. The smallest absolute Gasteiger partial charge is 0.410 e. The van der Waals surface area contributed by atoms with Gasteiger partial charge < -0.3 is 9.64 Å². The largest absolute Gasteiger partial charge is 0.444 e. The molecule has 1 fully saturated rings. The van der Waals surface area contributed by atoms with Crippen LogP contribution in [0.1, 0.15) is 47.0 Å². The Labute approximate surface area is 124 Å². The van der Waals surface area contributed by atoms with Gasteiger partial charge in [0, 0.05) is 19.3 Å². The lowest BCUT2D eigenvalue weighted by atomic mass is 9.97. The number of carbonyl (C=O) groups is 1. The molecule has 0 N–H and O–H groups in total. The summed E-state index contributed by atoms with van der Waals surface area (Å²) in [5.74, 6) is 0.302. The molecule has 0 bridgehead atoms. The third kappa shape index (κ3) is 6.70. The van der Waals surface area contributed by atoms with Crippen molar-refractivity contribution in [1.82, 2.24) is 4.90 Å². The maximum Gasteiger partial charge on any atom is 0.410 e. The van der Waals surface area contributed by atoms with E-state index in [0.29, 0.717) is 19.0 Å². The van der Waals surface area contributed by atoms with E-state index in [9.17, 15) is 9.00 Å². The van der Waals surface area contributed by atoms with E-state index < -0.39 is 16.7 Å². The molecule has 1 saturated heterocycles. The second-order valence-electron chi connectivity index (χ2n) is 6.53. The average molecular weight is 305 g/mol. The van der Waals surface area contributed by atoms with Gasteiger partial charge in [-0.2, -0.15) is 0 Å². The molecule has 5 nitrogen and oxygen atoms in total. The highest BCUT2D eigenvalue weighted by Gasteiger charge is 2.27. The number of rotatable bonds is 2. The van der Waals surface area contributed by atoms with E-state index in [1.165, 1.54) is 0 Å². The average Bonchev–Trinajstić information content (AvgIpc) is 2.21. The normalized spacial score (nSPS) is 26.6. The third-order valence-corrected chi connectivity index (χ3v) is 3.62. The molecule has 3 atom stereocenters. The van der Waals surface area contributed by atoms with Crippen molar-refractivity contribution >= 4 is 17.2 Å². The summed E-state index contributed by atoms with van der Waals surface area (Å²) in [6.07, 6.45) is 3.81. The summed E-state index contributed by atoms with van der Waals surface area (Å²) >= 11 is -1.23. The van der Waals surface area contributed by atoms with Gasteiger partial charge in [0.25, 0.3) is 0 Å². The van der Waals surface area contributed by atoms with Crippen molar-refractivity contribution in [2.75, 3.05) is 19.3 Å². The van der Waals surface area contributed by atoms with Gasteiger partial charge in [-0.15, -0.1) is 0 Å². The van der Waals surface area contributed by atoms with Crippen LogP contribution in [0.5, 0.6) is 0 Å². The minimum absolute atomic E-state index is 0.0246. The SMILES string of the molecule is CC1CC(OS(C)=O)CCCN(C(=O)OC(C)(C)C)C1. The van der Waals surface area contributed by atoms with Gasteiger partial charge in [-0.25, -0.2) is 9.00 Å². The first-order valence-corrected chi connectivity index (χ1v) is 8.64. The molecule has 0 saturated carbocycles. The van der Waals surface area contributed by atoms with E-state index in [4.69, 9.17) is 8.92 Å². The van der Waals surface area contributed by atoms with E-state index in [0.717, 1.165) is 19.3 Å². The monoisotopic (exact) mass is 305 g/mol. The molecule has 1 aliphatic rings. The topological polar surface area (TPSA) is 55.8 Å². The first-order chi connectivity index (χ1) is 9.17. The summed E-state index contributed by atoms with van der Waals surface area (Å²) < 4.78 is 22.0. The zero-order valence-electron chi connectivity index (χ0n) is 13.2. The summed E-state index contributed by atoms with van der Waals surface area (Å²) in [5, 5.41) is 0. The summed E-state index contributed by atoms with van der Waals surface area (Å²) in [6.45, 7) is 9.02. The maximum absolute atomic E-state index is 12.1. The van der Waals surface area contributed by atoms with Crippen molar-refractivity contribution in [3.63, 3.8) is 0 Å². The van der Waals surface area contributed by atoms with Crippen LogP contribution in [-0.2, 0) is 20.0 Å². The van der Waals surface area contributed by atoms with Gasteiger partial charge in [0.15, 0.2) is 11.1 Å². The Hall–Kier alpha value is -0.620. The molecule has 20 heavy (non-hydrogen) atoms. The molecule has 0 aromatic heterocycles. The molecular weight excluding hydrogens is 278 g/mol. The number of nitrogens with zero attached hydrogens (tertiary/aromatic N) is 1. The molecule has 6 heteroatoms. The molecule has 0 aromatic rings. The number of amides is 1. The number of ether oxygens (including phenoxy) is 1. The van der Waals surface area contributed by atoms with E-state index in [-0.39, 0.29) is 12.2 Å². The molecule has 0 aliphatic carbocycles. The van der Waals surface area contributed by atoms with Crippen molar-refractivity contribution in [3.05, 3.63) is 0 Å². The van der Waals surface area contributed by atoms with Crippen LogP contribution in [0.2, 0.25) is 0 Å². The molecule has 3 unspecified atom stereocenters. The second-order valence-corrected chi connectivity index (χ2v) is 7.52. The minimum Gasteiger partial charge on any atom is -0.444 e. The lowest BCUT2D eigenvalue weighted by Crippen LogP contribution is -2.41. The summed E-state index contributed by atoms with van der Waals surface area (Å²) in [6, 6.07) is 0. The standard InChI is InChI=1S/C14H27NO4S/c1-11-9-12(19-20(5)17)7-6-8-15(10-11)13(16)18-14(2,3)4/h11-12H,6-10H2,1-5H3. The van der Waals surface area contributed by atoms with Crippen molar-refractivity contribution in [2.24, 2.45) is 5.92 Å². The number of hydrogen-bond acceptors (Lipinski definition) is 4. The lowest BCUT2D eigenvalue weighted by Gasteiger charge is -2.32. The van der Waals surface area contributed by atoms with E-state index in [2.05, 4.69) is 6.92 Å². The highest BCUT2D eigenvalue weighted by molar-refractivity contribution is 7.79. The third-order valence-electron chi connectivity index (χ3n) is 3.07. The van der Waals surface area contributed by atoms with Gasteiger partial charge in [-0.1, -0.05) is 6.92 Å². The van der Waals surface area contributed by atoms with Crippen molar-refractivity contribution in [2.45, 2.75) is 58.7 Å². The van der Waals surface area contributed by atoms with Crippen LogP contribution in [0.3, 0.4) is 0 Å². The summed E-state index contributed by atoms with van der Waals surface area (Å²) in [7, 11) is 0. The zero-order valence-corrected chi connectivity index (χ0v) is 14.0. The fourth-order valence-electron chi connectivity index (χ4n) is 2.39. The van der Waals surface area contributed by atoms with Crippen LogP contribution in [0.25, 0.3) is 0 Å². The van der Waals surface area contributed by atoms with Crippen LogP contribution in [0.4, 0.5) is 4.79 Å². The molecule has 0 spiro atoms. The van der Waals surface area contributed by atoms with Crippen molar-refractivity contribution in [1.29, 1.82) is 0 Å². The van der Waals surface area contributed by atoms with Crippen LogP contribution in [-0.4, -0.2) is 46.3 Å². The summed E-state index contributed by atoms with van der Waals surface area (Å²) in [5.41, 5.74) is -0.465. The highest BCUT2D eigenvalue weighted by Crippen LogP contribution is 2.21. The number of likely N-dealkylation sites (tertiary alicyclic amines) is 1. The Morgan fingerprint density at radius 3 is 2.55 bits per heavy atom. The molecule has 1 rings (SSSR count). The van der Waals surface area contributed by atoms with Gasteiger partial charge in [0.05, 0.1) is 6.10 Å². The lowest BCUT2D eigenvalue weighted by molar-refractivity contribution is 0.0172. The number of carbonyl (C=O) groups excluding carboxylic acids is 1. The Morgan fingerprint density at radius 1 is 1.35 bits per heavy atom. The van der Waals surface area contributed by atoms with Gasteiger partial charge in [-0.05, 0) is 46.0 Å². The quantitative estimate of drug-likeness (QED) is 0.787. The van der Waals surface area contributed by atoms with E-state index >= 15 is 0 Å². The van der Waals surface area contributed by atoms with E-state index in [1.54, 1.807) is 11.2 Å². The highest BCUT2D eigenvalue weighted by atomic mass is 32.2. The number of hydrogen-bond donors (Lipinski definition) is 0. The second kappa shape index (κ2) is 7.41. The Balaban J connectivity index is 2.55.